The van der Waals surface area contributed by atoms with E-state index in [2.05, 4.69) is 58.4 Å². The second-order valence-corrected chi connectivity index (χ2v) is 9.19. The fraction of sp³-hybridized carbons (Fsp3) is 0.350. The summed E-state index contributed by atoms with van der Waals surface area (Å²) in [5.41, 5.74) is 12.1. The molecule has 0 saturated heterocycles. The number of nitrogens with zero attached hydrogens (tertiary/aromatic N) is 1. The second-order valence-electron chi connectivity index (χ2n) is 7.28. The molecule has 0 radical (unpaired) electrons. The Bertz CT molecular complexity index is 878. The van der Waals surface area contributed by atoms with Gasteiger partial charge in [0.05, 0.1) is 5.54 Å². The Morgan fingerprint density at radius 3 is 2.75 bits per heavy atom. The lowest BCUT2D eigenvalue weighted by Gasteiger charge is -2.46. The maximum Gasteiger partial charge on any atom is 0.154 e. The van der Waals surface area contributed by atoms with E-state index in [4.69, 9.17) is 10.7 Å². The standard InChI is InChI=1S/C20H19BrN2S/c21-16-6-5-15-11-20-8-7-13-3-1-2-4-14(13)10-19(20,17(15)9-16)12-24-18(22)23-20/h1-6,9H,7-8,10-12H2,(H2,22,23). The molecule has 5 rings (SSSR count). The Labute approximate surface area is 155 Å². The molecule has 3 aliphatic rings. The first-order valence-corrected chi connectivity index (χ1v) is 10.2. The van der Waals surface area contributed by atoms with E-state index in [1.165, 1.54) is 22.3 Å². The minimum atomic E-state index is -0.0789. The molecule has 2 aromatic rings. The van der Waals surface area contributed by atoms with Crippen LogP contribution in [0.25, 0.3) is 0 Å². The summed E-state index contributed by atoms with van der Waals surface area (Å²) in [4.78, 5) is 5.12. The van der Waals surface area contributed by atoms with Crippen molar-refractivity contribution >= 4 is 32.9 Å². The van der Waals surface area contributed by atoms with Crippen LogP contribution in [-0.2, 0) is 24.7 Å². The van der Waals surface area contributed by atoms with Crippen molar-refractivity contribution < 1.29 is 0 Å². The van der Waals surface area contributed by atoms with Crippen molar-refractivity contribution in [2.24, 2.45) is 10.7 Å². The second kappa shape index (κ2) is 5.12. The summed E-state index contributed by atoms with van der Waals surface area (Å²) in [6.07, 6.45) is 4.26. The van der Waals surface area contributed by atoms with Crippen LogP contribution in [0.15, 0.2) is 51.9 Å². The molecule has 1 heterocycles. The molecule has 2 nitrogen and oxygen atoms in total. The molecular formula is C20H19BrN2S. The molecule has 2 aromatic carbocycles. The van der Waals surface area contributed by atoms with Gasteiger partial charge in [-0.15, -0.1) is 0 Å². The first-order valence-electron chi connectivity index (χ1n) is 8.46. The third-order valence-corrected chi connectivity index (χ3v) is 7.69. The van der Waals surface area contributed by atoms with Gasteiger partial charge >= 0.3 is 0 Å². The molecule has 2 aliphatic carbocycles. The molecule has 0 fully saturated rings. The average Bonchev–Trinajstić information content (AvgIpc) is 2.75. The number of hydrogen-bond donors (Lipinski definition) is 1. The fourth-order valence-electron chi connectivity index (χ4n) is 5.02. The zero-order valence-corrected chi connectivity index (χ0v) is 15.8. The van der Waals surface area contributed by atoms with Gasteiger partial charge in [0, 0.05) is 15.6 Å². The van der Waals surface area contributed by atoms with Crippen molar-refractivity contribution in [2.75, 3.05) is 5.75 Å². The number of aliphatic imine (C=N–C) groups is 1. The van der Waals surface area contributed by atoms with Crippen LogP contribution in [0.5, 0.6) is 0 Å². The van der Waals surface area contributed by atoms with Gasteiger partial charge in [0.1, 0.15) is 0 Å². The van der Waals surface area contributed by atoms with Crippen LogP contribution in [0, 0.1) is 0 Å². The van der Waals surface area contributed by atoms with Crippen LogP contribution >= 0.6 is 27.7 Å². The highest BCUT2D eigenvalue weighted by Gasteiger charge is 2.60. The van der Waals surface area contributed by atoms with Crippen LogP contribution in [-0.4, -0.2) is 16.5 Å². The number of thioether (sulfide) groups is 1. The Kier molecular flexibility index (Phi) is 3.21. The van der Waals surface area contributed by atoms with Gasteiger partial charge in [-0.25, -0.2) is 0 Å². The van der Waals surface area contributed by atoms with Crippen LogP contribution in [0.3, 0.4) is 0 Å². The first kappa shape index (κ1) is 15.0. The smallest absolute Gasteiger partial charge is 0.154 e. The Balaban J connectivity index is 1.78. The van der Waals surface area contributed by atoms with E-state index in [0.717, 1.165) is 41.1 Å². The van der Waals surface area contributed by atoms with E-state index in [1.54, 1.807) is 11.8 Å². The summed E-state index contributed by atoms with van der Waals surface area (Å²) in [6, 6.07) is 15.7. The highest BCUT2D eigenvalue weighted by molar-refractivity contribution is 9.10. The molecule has 0 amide bonds. The van der Waals surface area contributed by atoms with Gasteiger partial charge in [0.15, 0.2) is 5.17 Å². The third kappa shape index (κ3) is 1.93. The van der Waals surface area contributed by atoms with E-state index >= 15 is 0 Å². The van der Waals surface area contributed by atoms with Gasteiger partial charge in [0.25, 0.3) is 0 Å². The zero-order valence-electron chi connectivity index (χ0n) is 13.4. The number of nitrogens with two attached hydrogens (primary N) is 1. The van der Waals surface area contributed by atoms with Crippen molar-refractivity contribution in [3.63, 3.8) is 0 Å². The van der Waals surface area contributed by atoms with Crippen molar-refractivity contribution in [1.29, 1.82) is 0 Å². The van der Waals surface area contributed by atoms with Gasteiger partial charge < -0.3 is 5.73 Å². The maximum atomic E-state index is 6.21. The molecule has 122 valence electrons. The lowest BCUT2D eigenvalue weighted by molar-refractivity contribution is 0.254. The molecule has 2 N–H and O–H groups in total. The average molecular weight is 399 g/mol. The van der Waals surface area contributed by atoms with Gasteiger partial charge in [0.2, 0.25) is 0 Å². The fourth-order valence-corrected chi connectivity index (χ4v) is 6.54. The number of rotatable bonds is 0. The largest absolute Gasteiger partial charge is 0.379 e. The lowest BCUT2D eigenvalue weighted by atomic mass is 9.67. The van der Waals surface area contributed by atoms with Gasteiger partial charge in [-0.3, -0.25) is 4.99 Å². The summed E-state index contributed by atoms with van der Waals surface area (Å²) >= 11 is 5.42. The van der Waals surface area contributed by atoms with Crippen LogP contribution in [0.1, 0.15) is 28.7 Å². The normalized spacial score (nSPS) is 30.5. The topological polar surface area (TPSA) is 38.4 Å². The van der Waals surface area contributed by atoms with Crippen LogP contribution < -0.4 is 5.73 Å². The Hall–Kier alpha value is -1.26. The molecule has 0 aromatic heterocycles. The third-order valence-electron chi connectivity index (χ3n) is 6.17. The van der Waals surface area contributed by atoms with E-state index in [-0.39, 0.29) is 11.0 Å². The molecule has 0 saturated carbocycles. The minimum absolute atomic E-state index is 0.0618. The van der Waals surface area contributed by atoms with Gasteiger partial charge in [-0.2, -0.15) is 0 Å². The minimum Gasteiger partial charge on any atom is -0.379 e. The molecule has 0 bridgehead atoms. The highest BCUT2D eigenvalue weighted by atomic mass is 79.9. The molecule has 24 heavy (non-hydrogen) atoms. The van der Waals surface area contributed by atoms with Crippen molar-refractivity contribution in [3.8, 4) is 0 Å². The first-order chi connectivity index (χ1) is 11.6. The summed E-state index contributed by atoms with van der Waals surface area (Å²) in [5.74, 6) is 1.03. The quantitative estimate of drug-likeness (QED) is 0.720. The Morgan fingerprint density at radius 1 is 1.04 bits per heavy atom. The van der Waals surface area contributed by atoms with Crippen LogP contribution in [0.4, 0.5) is 0 Å². The van der Waals surface area contributed by atoms with E-state index in [0.29, 0.717) is 0 Å². The number of fused-ring (bicyclic) bond motifs is 2. The zero-order chi connectivity index (χ0) is 16.4. The van der Waals surface area contributed by atoms with E-state index < -0.39 is 0 Å². The van der Waals surface area contributed by atoms with Gasteiger partial charge in [-0.1, -0.05) is 58.0 Å². The summed E-state index contributed by atoms with van der Waals surface area (Å²) in [5, 5.41) is 0.767. The number of benzene rings is 2. The summed E-state index contributed by atoms with van der Waals surface area (Å²) in [7, 11) is 0. The van der Waals surface area contributed by atoms with Crippen molar-refractivity contribution in [1.82, 2.24) is 0 Å². The predicted octanol–water partition coefficient (Wildman–Crippen LogP) is 4.23. The Morgan fingerprint density at radius 2 is 1.88 bits per heavy atom. The SMILES string of the molecule is NC1=NC23CCc4ccccc4CC2(CS1)c1cc(Br)ccc1C3. The predicted molar refractivity (Wildman–Crippen MR) is 105 cm³/mol. The molecule has 2 unspecified atom stereocenters. The number of amidine groups is 1. The number of aryl methyl sites for hydroxylation is 1. The summed E-state index contributed by atoms with van der Waals surface area (Å²) in [6.45, 7) is 0. The molecule has 0 spiro atoms. The van der Waals surface area contributed by atoms with Crippen molar-refractivity contribution in [2.45, 2.75) is 36.6 Å². The van der Waals surface area contributed by atoms with Gasteiger partial charge in [-0.05, 0) is 60.1 Å². The highest BCUT2D eigenvalue weighted by Crippen LogP contribution is 2.57. The molecular weight excluding hydrogens is 380 g/mol. The van der Waals surface area contributed by atoms with Crippen molar-refractivity contribution in [3.05, 3.63) is 69.2 Å². The van der Waals surface area contributed by atoms with E-state index in [9.17, 15) is 0 Å². The number of hydrogen-bond acceptors (Lipinski definition) is 3. The molecule has 4 heteroatoms. The number of halogens is 1. The monoisotopic (exact) mass is 398 g/mol. The summed E-state index contributed by atoms with van der Waals surface area (Å²) < 4.78 is 1.16. The van der Waals surface area contributed by atoms with E-state index in [1.807, 2.05) is 0 Å². The van der Waals surface area contributed by atoms with Crippen LogP contribution in [0.2, 0.25) is 0 Å². The maximum absolute atomic E-state index is 6.21. The molecule has 1 aliphatic heterocycles. The molecule has 2 atom stereocenters. The lowest BCUT2D eigenvalue weighted by Crippen LogP contribution is -2.54.